The van der Waals surface area contributed by atoms with Crippen LogP contribution in [0, 0.1) is 12.8 Å². The van der Waals surface area contributed by atoms with E-state index >= 15 is 0 Å². The first kappa shape index (κ1) is 15.3. The van der Waals surface area contributed by atoms with E-state index in [0.717, 1.165) is 29.6 Å². The fraction of sp³-hybridized carbons (Fsp3) is 0.800. The van der Waals surface area contributed by atoms with Crippen molar-refractivity contribution in [3.63, 3.8) is 0 Å². The summed E-state index contributed by atoms with van der Waals surface area (Å²) in [5.74, 6) is 1.56. The van der Waals surface area contributed by atoms with E-state index in [9.17, 15) is 0 Å². The molecule has 1 aliphatic heterocycles. The van der Waals surface area contributed by atoms with Crippen LogP contribution in [-0.2, 0) is 7.05 Å². The SMILES string of the molecule is COc1c(C(CN)N2CC(C)CCC2C)c(C)nn1C. The largest absolute Gasteiger partial charge is 0.481 e. The molecule has 114 valence electrons. The van der Waals surface area contributed by atoms with Crippen LogP contribution >= 0.6 is 0 Å². The van der Waals surface area contributed by atoms with Crippen LogP contribution in [-0.4, -0.2) is 40.9 Å². The molecule has 1 aliphatic rings. The fourth-order valence-corrected chi connectivity index (χ4v) is 3.46. The minimum absolute atomic E-state index is 0.191. The second-order valence-electron chi connectivity index (χ2n) is 6.11. The Hall–Kier alpha value is -1.07. The van der Waals surface area contributed by atoms with Crippen LogP contribution in [0.3, 0.4) is 0 Å². The lowest BCUT2D eigenvalue weighted by Gasteiger charge is -2.41. The summed E-state index contributed by atoms with van der Waals surface area (Å²) in [6.45, 7) is 8.35. The number of likely N-dealkylation sites (tertiary alicyclic amines) is 1. The maximum atomic E-state index is 6.11. The van der Waals surface area contributed by atoms with Crippen LogP contribution in [0.2, 0.25) is 0 Å². The normalized spacial score (nSPS) is 25.7. The smallest absolute Gasteiger partial charge is 0.216 e. The number of piperidine rings is 1. The fourth-order valence-electron chi connectivity index (χ4n) is 3.46. The van der Waals surface area contributed by atoms with Gasteiger partial charge in [-0.2, -0.15) is 5.10 Å². The number of methoxy groups -OCH3 is 1. The lowest BCUT2D eigenvalue weighted by atomic mass is 9.91. The first-order chi connectivity index (χ1) is 9.49. The van der Waals surface area contributed by atoms with Crippen molar-refractivity contribution in [3.8, 4) is 5.88 Å². The maximum Gasteiger partial charge on any atom is 0.216 e. The summed E-state index contributed by atoms with van der Waals surface area (Å²) in [6, 6.07) is 0.750. The molecular formula is C15H28N4O. The lowest BCUT2D eigenvalue weighted by molar-refractivity contribution is 0.0782. The quantitative estimate of drug-likeness (QED) is 0.914. The summed E-state index contributed by atoms with van der Waals surface area (Å²) in [6.07, 6.45) is 2.54. The van der Waals surface area contributed by atoms with E-state index in [1.54, 1.807) is 7.11 Å². The zero-order valence-corrected chi connectivity index (χ0v) is 13.4. The standard InChI is InChI=1S/C15H28N4O/c1-10-6-7-11(2)19(9-10)13(8-16)14-12(3)17-18(4)15(14)20-5/h10-11,13H,6-9,16H2,1-5H3. The molecule has 0 aromatic carbocycles. The lowest BCUT2D eigenvalue weighted by Crippen LogP contribution is -2.45. The molecule has 5 heteroatoms. The number of nitrogens with zero attached hydrogens (tertiary/aromatic N) is 3. The molecule has 1 aromatic rings. The highest BCUT2D eigenvalue weighted by Gasteiger charge is 2.33. The molecule has 1 saturated heterocycles. The van der Waals surface area contributed by atoms with E-state index in [4.69, 9.17) is 10.5 Å². The number of rotatable bonds is 4. The Bertz CT molecular complexity index is 457. The third kappa shape index (κ3) is 2.69. The van der Waals surface area contributed by atoms with Gasteiger partial charge < -0.3 is 10.5 Å². The summed E-state index contributed by atoms with van der Waals surface area (Å²) in [5, 5.41) is 4.50. The molecule has 3 unspecified atom stereocenters. The summed E-state index contributed by atoms with van der Waals surface area (Å²) < 4.78 is 7.36. The molecule has 2 rings (SSSR count). The predicted octanol–water partition coefficient (Wildman–Crippen LogP) is 1.86. The van der Waals surface area contributed by atoms with Gasteiger partial charge in [0.2, 0.25) is 5.88 Å². The van der Waals surface area contributed by atoms with Crippen molar-refractivity contribution in [1.29, 1.82) is 0 Å². The first-order valence-electron chi connectivity index (χ1n) is 7.52. The molecule has 2 heterocycles. The molecule has 1 aromatic heterocycles. The van der Waals surface area contributed by atoms with Crippen LogP contribution < -0.4 is 10.5 Å². The Morgan fingerprint density at radius 1 is 1.40 bits per heavy atom. The van der Waals surface area contributed by atoms with Crippen LogP contribution in [0.1, 0.15) is 44.0 Å². The molecule has 5 nitrogen and oxygen atoms in total. The van der Waals surface area contributed by atoms with Crippen molar-refractivity contribution < 1.29 is 4.74 Å². The number of hydrogen-bond donors (Lipinski definition) is 1. The van der Waals surface area contributed by atoms with Crippen molar-refractivity contribution in [1.82, 2.24) is 14.7 Å². The van der Waals surface area contributed by atoms with Gasteiger partial charge in [-0.05, 0) is 32.6 Å². The summed E-state index contributed by atoms with van der Waals surface area (Å²) in [7, 11) is 3.63. The molecule has 0 amide bonds. The van der Waals surface area contributed by atoms with Crippen LogP contribution in [0.15, 0.2) is 0 Å². The average molecular weight is 280 g/mol. The molecule has 0 bridgehead atoms. The summed E-state index contributed by atoms with van der Waals surface area (Å²) in [5.41, 5.74) is 8.28. The summed E-state index contributed by atoms with van der Waals surface area (Å²) >= 11 is 0. The van der Waals surface area contributed by atoms with Crippen LogP contribution in [0.4, 0.5) is 0 Å². The van der Waals surface area contributed by atoms with Gasteiger partial charge in [0, 0.05) is 26.2 Å². The van der Waals surface area contributed by atoms with Gasteiger partial charge in [0.15, 0.2) is 0 Å². The van der Waals surface area contributed by atoms with E-state index in [-0.39, 0.29) is 6.04 Å². The zero-order chi connectivity index (χ0) is 14.9. The van der Waals surface area contributed by atoms with E-state index in [1.807, 2.05) is 18.7 Å². The molecule has 0 saturated carbocycles. The van der Waals surface area contributed by atoms with Crippen molar-refractivity contribution in [2.45, 2.75) is 45.7 Å². The molecule has 0 radical (unpaired) electrons. The van der Waals surface area contributed by atoms with Gasteiger partial charge in [0.25, 0.3) is 0 Å². The van der Waals surface area contributed by atoms with Crippen LogP contribution in [0.25, 0.3) is 0 Å². The topological polar surface area (TPSA) is 56.3 Å². The van der Waals surface area contributed by atoms with Crippen molar-refractivity contribution in [2.24, 2.45) is 18.7 Å². The zero-order valence-electron chi connectivity index (χ0n) is 13.4. The number of aromatic nitrogens is 2. The Morgan fingerprint density at radius 2 is 2.10 bits per heavy atom. The van der Waals surface area contributed by atoms with Crippen LogP contribution in [0.5, 0.6) is 5.88 Å². The number of hydrogen-bond acceptors (Lipinski definition) is 4. The van der Waals surface area contributed by atoms with E-state index in [1.165, 1.54) is 12.8 Å². The maximum absolute atomic E-state index is 6.11. The number of aryl methyl sites for hydroxylation is 2. The van der Waals surface area contributed by atoms with Gasteiger partial charge in [-0.25, -0.2) is 4.68 Å². The Balaban J connectivity index is 2.36. The molecule has 3 atom stereocenters. The number of ether oxygens (including phenoxy) is 1. The highest BCUT2D eigenvalue weighted by Crippen LogP contribution is 2.35. The highest BCUT2D eigenvalue weighted by molar-refractivity contribution is 5.34. The molecular weight excluding hydrogens is 252 g/mol. The monoisotopic (exact) mass is 280 g/mol. The summed E-state index contributed by atoms with van der Waals surface area (Å²) in [4.78, 5) is 2.53. The molecule has 20 heavy (non-hydrogen) atoms. The second kappa shape index (κ2) is 6.14. The third-order valence-corrected chi connectivity index (χ3v) is 4.53. The molecule has 1 fully saturated rings. The van der Waals surface area contributed by atoms with Gasteiger partial charge in [-0.3, -0.25) is 4.90 Å². The van der Waals surface area contributed by atoms with Crippen molar-refractivity contribution >= 4 is 0 Å². The van der Waals surface area contributed by atoms with E-state index in [2.05, 4.69) is 23.8 Å². The number of nitrogens with two attached hydrogens (primary N) is 1. The van der Waals surface area contributed by atoms with Gasteiger partial charge in [0.1, 0.15) is 0 Å². The van der Waals surface area contributed by atoms with E-state index in [0.29, 0.717) is 12.6 Å². The molecule has 0 spiro atoms. The third-order valence-electron chi connectivity index (χ3n) is 4.53. The Kier molecular flexibility index (Phi) is 4.70. The van der Waals surface area contributed by atoms with Crippen molar-refractivity contribution in [2.75, 3.05) is 20.2 Å². The molecule has 2 N–H and O–H groups in total. The first-order valence-corrected chi connectivity index (χ1v) is 7.52. The average Bonchev–Trinajstić information content (AvgIpc) is 2.69. The van der Waals surface area contributed by atoms with Gasteiger partial charge in [-0.1, -0.05) is 6.92 Å². The van der Waals surface area contributed by atoms with Gasteiger partial charge in [-0.15, -0.1) is 0 Å². The molecule has 0 aliphatic carbocycles. The Labute approximate surface area is 122 Å². The predicted molar refractivity (Wildman–Crippen MR) is 80.9 cm³/mol. The second-order valence-corrected chi connectivity index (χ2v) is 6.11. The van der Waals surface area contributed by atoms with E-state index < -0.39 is 0 Å². The minimum atomic E-state index is 0.191. The highest BCUT2D eigenvalue weighted by atomic mass is 16.5. The Morgan fingerprint density at radius 3 is 2.70 bits per heavy atom. The van der Waals surface area contributed by atoms with Gasteiger partial charge in [0.05, 0.1) is 24.4 Å². The van der Waals surface area contributed by atoms with Gasteiger partial charge >= 0.3 is 0 Å². The van der Waals surface area contributed by atoms with Crippen molar-refractivity contribution in [3.05, 3.63) is 11.3 Å². The minimum Gasteiger partial charge on any atom is -0.481 e.